The number of nitrogens with one attached hydrogen (secondary N) is 2. The quantitative estimate of drug-likeness (QED) is 0.815. The minimum absolute atomic E-state index is 0.0157. The number of hydrogen-bond donors (Lipinski definition) is 2. The van der Waals surface area contributed by atoms with Crippen LogP contribution in [0.2, 0.25) is 0 Å². The fourth-order valence-electron chi connectivity index (χ4n) is 2.37. The largest absolute Gasteiger partial charge is 0.361 e. The van der Waals surface area contributed by atoms with Gasteiger partial charge in [0.05, 0.1) is 0 Å². The van der Waals surface area contributed by atoms with Crippen molar-refractivity contribution in [2.75, 3.05) is 0 Å². The molecule has 1 aromatic heterocycles. The highest BCUT2D eigenvalue weighted by Gasteiger charge is 2.33. The van der Waals surface area contributed by atoms with Crippen LogP contribution in [-0.4, -0.2) is 16.4 Å². The molecule has 0 saturated heterocycles. The van der Waals surface area contributed by atoms with Crippen molar-refractivity contribution in [3.05, 3.63) is 36.0 Å². The van der Waals surface area contributed by atoms with Crippen molar-refractivity contribution in [2.24, 2.45) is 0 Å². The summed E-state index contributed by atoms with van der Waals surface area (Å²) in [7, 11) is 0. The first kappa shape index (κ1) is 10.4. The molecule has 1 aliphatic carbocycles. The van der Waals surface area contributed by atoms with E-state index in [0.29, 0.717) is 0 Å². The van der Waals surface area contributed by atoms with Crippen LogP contribution in [0, 0.1) is 0 Å². The number of benzene rings is 1. The average Bonchev–Trinajstić information content (AvgIpc) is 2.73. The monoisotopic (exact) mass is 228 g/mol. The Morgan fingerprint density at radius 3 is 2.88 bits per heavy atom. The lowest BCUT2D eigenvalue weighted by molar-refractivity contribution is 0.0850. The zero-order valence-electron chi connectivity index (χ0n) is 9.92. The Hall–Kier alpha value is -1.77. The third kappa shape index (κ3) is 1.82. The van der Waals surface area contributed by atoms with Crippen molar-refractivity contribution in [3.63, 3.8) is 0 Å². The molecular weight excluding hydrogens is 212 g/mol. The molecular formula is C14H16N2O. The van der Waals surface area contributed by atoms with Gasteiger partial charge in [-0.1, -0.05) is 6.07 Å². The first-order valence-corrected chi connectivity index (χ1v) is 6.06. The predicted octanol–water partition coefficient (Wildman–Crippen LogP) is 2.84. The van der Waals surface area contributed by atoms with Gasteiger partial charge in [-0.3, -0.25) is 4.79 Å². The second-order valence-corrected chi connectivity index (χ2v) is 5.15. The van der Waals surface area contributed by atoms with Crippen LogP contribution in [0.4, 0.5) is 0 Å². The molecule has 2 aromatic rings. The van der Waals surface area contributed by atoms with Crippen molar-refractivity contribution in [2.45, 2.75) is 31.7 Å². The summed E-state index contributed by atoms with van der Waals surface area (Å²) in [5, 5.41) is 4.25. The van der Waals surface area contributed by atoms with Gasteiger partial charge in [-0.15, -0.1) is 0 Å². The summed E-state index contributed by atoms with van der Waals surface area (Å²) in [5.41, 5.74) is 1.76. The Morgan fingerprint density at radius 1 is 1.35 bits per heavy atom. The Morgan fingerprint density at radius 2 is 2.18 bits per heavy atom. The Balaban J connectivity index is 1.84. The summed E-state index contributed by atoms with van der Waals surface area (Å²) in [6, 6.07) is 7.77. The van der Waals surface area contributed by atoms with Gasteiger partial charge >= 0.3 is 0 Å². The summed E-state index contributed by atoms with van der Waals surface area (Å²) in [4.78, 5) is 15.2. The summed E-state index contributed by atoms with van der Waals surface area (Å²) in [5.74, 6) is 0.0312. The fourth-order valence-corrected chi connectivity index (χ4v) is 2.37. The van der Waals surface area contributed by atoms with Crippen molar-refractivity contribution in [3.8, 4) is 0 Å². The molecule has 1 amide bonds. The molecule has 0 bridgehead atoms. The number of hydrogen-bond acceptors (Lipinski definition) is 1. The zero-order valence-corrected chi connectivity index (χ0v) is 9.92. The van der Waals surface area contributed by atoms with Crippen molar-refractivity contribution < 1.29 is 4.79 Å². The van der Waals surface area contributed by atoms with Gasteiger partial charge in [-0.2, -0.15) is 0 Å². The molecule has 3 heteroatoms. The summed E-state index contributed by atoms with van der Waals surface area (Å²) < 4.78 is 0. The van der Waals surface area contributed by atoms with Gasteiger partial charge in [-0.05, 0) is 49.8 Å². The van der Waals surface area contributed by atoms with Crippen LogP contribution in [0.5, 0.6) is 0 Å². The lowest BCUT2D eigenvalue weighted by Crippen LogP contribution is -2.50. The number of carbonyl (C=O) groups excluding carboxylic acids is 1. The molecule has 1 aliphatic rings. The first-order chi connectivity index (χ1) is 8.16. The van der Waals surface area contributed by atoms with Crippen LogP contribution < -0.4 is 5.32 Å². The smallest absolute Gasteiger partial charge is 0.251 e. The maximum absolute atomic E-state index is 12.1. The number of fused-ring (bicyclic) bond motifs is 1. The molecule has 0 aliphatic heterocycles. The Kier molecular flexibility index (Phi) is 2.21. The van der Waals surface area contributed by atoms with Crippen molar-refractivity contribution >= 4 is 16.8 Å². The van der Waals surface area contributed by atoms with E-state index in [1.165, 1.54) is 6.42 Å². The van der Waals surface area contributed by atoms with Gasteiger partial charge < -0.3 is 10.3 Å². The van der Waals surface area contributed by atoms with E-state index in [1.807, 2.05) is 30.5 Å². The lowest BCUT2D eigenvalue weighted by atomic mass is 9.78. The third-order valence-electron chi connectivity index (χ3n) is 3.69. The molecule has 1 saturated carbocycles. The molecule has 88 valence electrons. The van der Waals surface area contributed by atoms with E-state index in [2.05, 4.69) is 17.2 Å². The molecule has 0 radical (unpaired) electrons. The molecule has 0 spiro atoms. The van der Waals surface area contributed by atoms with Gasteiger partial charge in [0.1, 0.15) is 0 Å². The van der Waals surface area contributed by atoms with E-state index in [9.17, 15) is 4.79 Å². The van der Waals surface area contributed by atoms with Gasteiger partial charge in [0.25, 0.3) is 5.91 Å². The maximum atomic E-state index is 12.1. The standard InChI is InChI=1S/C14H16N2O/c1-14(6-2-7-14)16-13(17)11-4-3-10-5-8-15-12(10)9-11/h3-5,8-9,15H,2,6-7H2,1H3,(H,16,17). The molecule has 3 nitrogen and oxygen atoms in total. The summed E-state index contributed by atoms with van der Waals surface area (Å²) in [6.07, 6.45) is 5.28. The van der Waals surface area contributed by atoms with E-state index in [4.69, 9.17) is 0 Å². The van der Waals surface area contributed by atoms with Gasteiger partial charge in [-0.25, -0.2) is 0 Å². The molecule has 1 fully saturated rings. The van der Waals surface area contributed by atoms with E-state index in [0.717, 1.165) is 29.3 Å². The topological polar surface area (TPSA) is 44.9 Å². The highest BCUT2D eigenvalue weighted by atomic mass is 16.1. The van der Waals surface area contributed by atoms with E-state index in [1.54, 1.807) is 0 Å². The van der Waals surface area contributed by atoms with Crippen LogP contribution >= 0.6 is 0 Å². The Bertz CT molecular complexity index is 566. The molecule has 1 heterocycles. The SMILES string of the molecule is CC1(NC(=O)c2ccc3cc[nH]c3c2)CCC1. The molecule has 3 rings (SSSR count). The second-order valence-electron chi connectivity index (χ2n) is 5.15. The third-order valence-corrected chi connectivity index (χ3v) is 3.69. The average molecular weight is 228 g/mol. The highest BCUT2D eigenvalue weighted by molar-refractivity contribution is 5.98. The van der Waals surface area contributed by atoms with Crippen molar-refractivity contribution in [1.29, 1.82) is 0 Å². The minimum atomic E-state index is 0.0157. The summed E-state index contributed by atoms with van der Waals surface area (Å²) >= 11 is 0. The molecule has 2 N–H and O–H groups in total. The van der Waals surface area contributed by atoms with Crippen molar-refractivity contribution in [1.82, 2.24) is 10.3 Å². The molecule has 17 heavy (non-hydrogen) atoms. The summed E-state index contributed by atoms with van der Waals surface area (Å²) in [6.45, 7) is 2.11. The number of amides is 1. The second kappa shape index (κ2) is 3.62. The minimum Gasteiger partial charge on any atom is -0.361 e. The number of H-pyrrole nitrogens is 1. The number of aromatic amines is 1. The van der Waals surface area contributed by atoms with Gasteiger partial charge in [0, 0.05) is 22.8 Å². The van der Waals surface area contributed by atoms with Crippen LogP contribution in [0.15, 0.2) is 30.5 Å². The predicted molar refractivity (Wildman–Crippen MR) is 68.0 cm³/mol. The van der Waals surface area contributed by atoms with E-state index < -0.39 is 0 Å². The Labute approximate surface area is 100 Å². The van der Waals surface area contributed by atoms with Crippen LogP contribution in [0.25, 0.3) is 10.9 Å². The van der Waals surface area contributed by atoms with Gasteiger partial charge in [0.2, 0.25) is 0 Å². The van der Waals surface area contributed by atoms with Crippen LogP contribution in [0.3, 0.4) is 0 Å². The van der Waals surface area contributed by atoms with Gasteiger partial charge in [0.15, 0.2) is 0 Å². The maximum Gasteiger partial charge on any atom is 0.251 e. The van der Waals surface area contributed by atoms with Crippen LogP contribution in [-0.2, 0) is 0 Å². The number of aromatic nitrogens is 1. The fraction of sp³-hybridized carbons (Fsp3) is 0.357. The molecule has 1 aromatic carbocycles. The van der Waals surface area contributed by atoms with Crippen LogP contribution in [0.1, 0.15) is 36.5 Å². The first-order valence-electron chi connectivity index (χ1n) is 6.06. The number of rotatable bonds is 2. The normalized spacial score (nSPS) is 17.7. The number of carbonyl (C=O) groups is 1. The molecule has 0 unspecified atom stereocenters. The van der Waals surface area contributed by atoms with E-state index >= 15 is 0 Å². The zero-order chi connectivity index (χ0) is 11.9. The molecule has 0 atom stereocenters. The lowest BCUT2D eigenvalue weighted by Gasteiger charge is -2.39. The highest BCUT2D eigenvalue weighted by Crippen LogP contribution is 2.31. The van der Waals surface area contributed by atoms with E-state index in [-0.39, 0.29) is 11.4 Å².